The summed E-state index contributed by atoms with van der Waals surface area (Å²) in [5, 5.41) is 0. The Labute approximate surface area is 95.2 Å². The van der Waals surface area contributed by atoms with E-state index in [4.69, 9.17) is 10.2 Å². The predicted molar refractivity (Wildman–Crippen MR) is 59.6 cm³/mol. The third kappa shape index (κ3) is 1.89. The summed E-state index contributed by atoms with van der Waals surface area (Å²) >= 11 is 0. The van der Waals surface area contributed by atoms with Crippen molar-refractivity contribution in [3.05, 3.63) is 18.4 Å². The van der Waals surface area contributed by atoms with Crippen molar-refractivity contribution in [1.29, 1.82) is 0 Å². The van der Waals surface area contributed by atoms with Crippen molar-refractivity contribution in [2.75, 3.05) is 0 Å². The van der Waals surface area contributed by atoms with E-state index in [9.17, 15) is 4.79 Å². The van der Waals surface area contributed by atoms with Crippen molar-refractivity contribution >= 4 is 5.78 Å². The average molecular weight is 222 g/mol. The van der Waals surface area contributed by atoms with E-state index in [0.29, 0.717) is 5.69 Å². The van der Waals surface area contributed by atoms with Crippen LogP contribution in [0.15, 0.2) is 17.1 Å². The Bertz CT molecular complexity index is 370. The Hall–Kier alpha value is -1.16. The lowest BCUT2D eigenvalue weighted by molar-refractivity contribution is -0.135. The minimum atomic E-state index is -0.328. The van der Waals surface area contributed by atoms with Gasteiger partial charge in [-0.05, 0) is 12.8 Å². The summed E-state index contributed by atoms with van der Waals surface area (Å²) in [4.78, 5) is 16.3. The van der Waals surface area contributed by atoms with Gasteiger partial charge >= 0.3 is 0 Å². The summed E-state index contributed by atoms with van der Waals surface area (Å²) in [5.74, 6) is 0.142. The van der Waals surface area contributed by atoms with Gasteiger partial charge in [0.2, 0.25) is 0 Å². The molecule has 1 saturated carbocycles. The number of carbonyl (C=O) groups is 1. The van der Waals surface area contributed by atoms with E-state index in [1.807, 2.05) is 13.8 Å². The summed E-state index contributed by atoms with van der Waals surface area (Å²) in [6, 6.07) is -0.328. The lowest BCUT2D eigenvalue weighted by Crippen LogP contribution is -2.40. The fourth-order valence-electron chi connectivity index (χ4n) is 2.46. The first-order valence-corrected chi connectivity index (χ1v) is 5.70. The molecule has 1 heterocycles. The van der Waals surface area contributed by atoms with Gasteiger partial charge in [0.25, 0.3) is 0 Å². The number of carbonyl (C=O) groups excluding carboxylic acids is 1. The number of nitrogens with two attached hydrogens (primary N) is 1. The Balaban J connectivity index is 2.18. The predicted octanol–water partition coefficient (Wildman–Crippen LogP) is 2.07. The van der Waals surface area contributed by atoms with Crippen molar-refractivity contribution in [1.82, 2.24) is 4.98 Å². The van der Waals surface area contributed by atoms with Crippen LogP contribution in [0.2, 0.25) is 0 Å². The van der Waals surface area contributed by atoms with Crippen LogP contribution in [0.5, 0.6) is 0 Å². The minimum Gasteiger partial charge on any atom is -0.451 e. The minimum absolute atomic E-state index is 0.117. The first kappa shape index (κ1) is 11.3. The van der Waals surface area contributed by atoms with E-state index in [0.717, 1.165) is 19.3 Å². The molecule has 1 aromatic heterocycles. The van der Waals surface area contributed by atoms with Crippen molar-refractivity contribution in [3.63, 3.8) is 0 Å². The van der Waals surface area contributed by atoms with E-state index < -0.39 is 0 Å². The summed E-state index contributed by atoms with van der Waals surface area (Å²) in [5.41, 5.74) is 6.51. The zero-order valence-electron chi connectivity index (χ0n) is 9.77. The van der Waals surface area contributed by atoms with Gasteiger partial charge in [-0.25, -0.2) is 4.98 Å². The van der Waals surface area contributed by atoms with Gasteiger partial charge < -0.3 is 10.2 Å². The van der Waals surface area contributed by atoms with Crippen molar-refractivity contribution in [3.8, 4) is 0 Å². The molecular weight excluding hydrogens is 204 g/mol. The van der Waals surface area contributed by atoms with Gasteiger partial charge in [-0.3, -0.25) is 4.79 Å². The third-order valence-electron chi connectivity index (χ3n) is 3.55. The Morgan fingerprint density at radius 3 is 3.00 bits per heavy atom. The quantitative estimate of drug-likeness (QED) is 0.831. The first-order chi connectivity index (χ1) is 7.52. The molecule has 2 atom stereocenters. The SMILES string of the molecule is CC1(C)CCCC(C(N)c2cocn2)C1=O. The number of aromatic nitrogens is 1. The molecule has 2 unspecified atom stereocenters. The van der Waals surface area contributed by atoms with Crippen LogP contribution in [-0.4, -0.2) is 10.8 Å². The lowest BCUT2D eigenvalue weighted by atomic mass is 9.68. The van der Waals surface area contributed by atoms with Crippen molar-refractivity contribution in [2.24, 2.45) is 17.1 Å². The fourth-order valence-corrected chi connectivity index (χ4v) is 2.46. The molecular formula is C12H18N2O2. The van der Waals surface area contributed by atoms with Crippen LogP contribution >= 0.6 is 0 Å². The summed E-state index contributed by atoms with van der Waals surface area (Å²) in [7, 11) is 0. The first-order valence-electron chi connectivity index (χ1n) is 5.70. The molecule has 88 valence electrons. The maximum absolute atomic E-state index is 12.2. The summed E-state index contributed by atoms with van der Waals surface area (Å²) < 4.78 is 4.91. The number of rotatable bonds is 2. The zero-order valence-corrected chi connectivity index (χ0v) is 9.77. The van der Waals surface area contributed by atoms with Crippen LogP contribution in [0.4, 0.5) is 0 Å². The number of oxazole rings is 1. The molecule has 4 heteroatoms. The lowest BCUT2D eigenvalue weighted by Gasteiger charge is -2.35. The molecule has 0 amide bonds. The molecule has 0 saturated heterocycles. The van der Waals surface area contributed by atoms with Crippen LogP contribution in [0.1, 0.15) is 44.8 Å². The van der Waals surface area contributed by atoms with Gasteiger partial charge in [-0.2, -0.15) is 0 Å². The Kier molecular flexibility index (Phi) is 2.84. The van der Waals surface area contributed by atoms with E-state index >= 15 is 0 Å². The largest absolute Gasteiger partial charge is 0.451 e. The number of hydrogen-bond acceptors (Lipinski definition) is 4. The fraction of sp³-hybridized carbons (Fsp3) is 0.667. The molecule has 2 N–H and O–H groups in total. The second-order valence-electron chi connectivity index (χ2n) is 5.19. The van der Waals surface area contributed by atoms with E-state index in [1.165, 1.54) is 12.7 Å². The molecule has 4 nitrogen and oxygen atoms in total. The van der Waals surface area contributed by atoms with Crippen LogP contribution in [0.3, 0.4) is 0 Å². The molecule has 1 aliphatic rings. The van der Waals surface area contributed by atoms with Gasteiger partial charge in [0.1, 0.15) is 12.0 Å². The highest BCUT2D eigenvalue weighted by Gasteiger charge is 2.40. The van der Waals surface area contributed by atoms with Crippen LogP contribution < -0.4 is 5.73 Å². The summed E-state index contributed by atoms with van der Waals surface area (Å²) in [6.07, 6.45) is 5.74. The van der Waals surface area contributed by atoms with Crippen LogP contribution in [-0.2, 0) is 4.79 Å². The van der Waals surface area contributed by atoms with Crippen molar-refractivity contribution < 1.29 is 9.21 Å². The molecule has 1 fully saturated rings. The number of ketones is 1. The number of hydrogen-bond donors (Lipinski definition) is 1. The second-order valence-corrected chi connectivity index (χ2v) is 5.19. The highest BCUT2D eigenvalue weighted by molar-refractivity contribution is 5.87. The molecule has 1 aliphatic carbocycles. The van der Waals surface area contributed by atoms with Gasteiger partial charge in [0, 0.05) is 11.3 Å². The van der Waals surface area contributed by atoms with Crippen LogP contribution in [0, 0.1) is 11.3 Å². The second kappa shape index (κ2) is 4.01. The monoisotopic (exact) mass is 222 g/mol. The molecule has 16 heavy (non-hydrogen) atoms. The Morgan fingerprint density at radius 1 is 1.62 bits per heavy atom. The molecule has 0 radical (unpaired) electrons. The number of nitrogens with zero attached hydrogens (tertiary/aromatic N) is 1. The maximum atomic E-state index is 12.2. The molecule has 2 rings (SSSR count). The molecule has 0 bridgehead atoms. The molecule has 0 aromatic carbocycles. The average Bonchev–Trinajstić information content (AvgIpc) is 2.74. The zero-order chi connectivity index (χ0) is 11.8. The van der Waals surface area contributed by atoms with Gasteiger partial charge in [-0.15, -0.1) is 0 Å². The van der Waals surface area contributed by atoms with Gasteiger partial charge in [0.15, 0.2) is 6.39 Å². The normalized spacial score (nSPS) is 26.7. The third-order valence-corrected chi connectivity index (χ3v) is 3.55. The van der Waals surface area contributed by atoms with E-state index in [-0.39, 0.29) is 23.2 Å². The standard InChI is InChI=1S/C12H18N2O2/c1-12(2)5-3-4-8(11(12)15)10(13)9-6-16-7-14-9/h6-8,10H,3-5,13H2,1-2H3. The molecule has 1 aromatic rings. The highest BCUT2D eigenvalue weighted by Crippen LogP contribution is 2.39. The van der Waals surface area contributed by atoms with E-state index in [2.05, 4.69) is 4.98 Å². The van der Waals surface area contributed by atoms with E-state index in [1.54, 1.807) is 0 Å². The topological polar surface area (TPSA) is 69.1 Å². The smallest absolute Gasteiger partial charge is 0.180 e. The maximum Gasteiger partial charge on any atom is 0.180 e. The highest BCUT2D eigenvalue weighted by atomic mass is 16.3. The molecule has 0 aliphatic heterocycles. The van der Waals surface area contributed by atoms with Crippen LogP contribution in [0.25, 0.3) is 0 Å². The molecule has 0 spiro atoms. The van der Waals surface area contributed by atoms with Gasteiger partial charge in [0.05, 0.1) is 11.7 Å². The number of Topliss-reactive ketones (excluding diaryl/α,β-unsaturated/α-hetero) is 1. The Morgan fingerprint density at radius 2 is 2.38 bits per heavy atom. The van der Waals surface area contributed by atoms with Crippen molar-refractivity contribution in [2.45, 2.75) is 39.2 Å². The van der Waals surface area contributed by atoms with Gasteiger partial charge in [-0.1, -0.05) is 20.3 Å². The summed E-state index contributed by atoms with van der Waals surface area (Å²) in [6.45, 7) is 3.99.